The molecule has 12 heteroatoms. The number of benzene rings is 1. The molecule has 2 saturated heterocycles. The highest BCUT2D eigenvalue weighted by molar-refractivity contribution is 6.30. The Labute approximate surface area is 187 Å². The molecule has 4 N–H and O–H groups in total. The highest BCUT2D eigenvalue weighted by Gasteiger charge is 2.57. The lowest BCUT2D eigenvalue weighted by Gasteiger charge is -2.23. The topological polar surface area (TPSA) is 147 Å². The standard InChI is InChI=1S/C20H21ClN6O5/c1-2-23-18(29)12(28)13-14-15(32-20(31-14)9-3-5-10(21)6-4-9)19(30-13)27-8-26-11-16(22)24-7-25-17(11)27/h3-8,12-15,19-20,28H,2H2,1H3,(H,23,29)(H2,22,24,25)/t12?,13-,14-,15-,19-,20?/m1/s1. The number of anilines is 1. The van der Waals surface area contributed by atoms with E-state index in [2.05, 4.69) is 20.3 Å². The Bertz CT molecular complexity index is 1140. The van der Waals surface area contributed by atoms with Gasteiger partial charge in [0, 0.05) is 17.1 Å². The number of aliphatic hydroxyl groups is 1. The molecule has 4 heterocycles. The predicted molar refractivity (Wildman–Crippen MR) is 112 cm³/mol. The number of nitrogen functional groups attached to an aromatic ring is 1. The molecular formula is C20H21ClN6O5. The summed E-state index contributed by atoms with van der Waals surface area (Å²) in [4.78, 5) is 24.8. The van der Waals surface area contributed by atoms with Crippen molar-refractivity contribution in [3.63, 3.8) is 0 Å². The van der Waals surface area contributed by atoms with Gasteiger partial charge in [-0.3, -0.25) is 9.36 Å². The monoisotopic (exact) mass is 460 g/mol. The summed E-state index contributed by atoms with van der Waals surface area (Å²) >= 11 is 5.99. The number of ether oxygens (including phenoxy) is 3. The van der Waals surface area contributed by atoms with Crippen LogP contribution in [0.1, 0.15) is 25.0 Å². The van der Waals surface area contributed by atoms with Gasteiger partial charge in [0.1, 0.15) is 30.2 Å². The highest BCUT2D eigenvalue weighted by atomic mass is 35.5. The fraction of sp³-hybridized carbons (Fsp3) is 0.400. The molecule has 32 heavy (non-hydrogen) atoms. The fourth-order valence-electron chi connectivity index (χ4n) is 4.02. The summed E-state index contributed by atoms with van der Waals surface area (Å²) in [5, 5.41) is 13.9. The van der Waals surface area contributed by atoms with Crippen LogP contribution in [0.4, 0.5) is 5.82 Å². The van der Waals surface area contributed by atoms with Gasteiger partial charge < -0.3 is 30.4 Å². The van der Waals surface area contributed by atoms with E-state index in [1.165, 1.54) is 12.7 Å². The number of aliphatic hydroxyl groups excluding tert-OH is 1. The van der Waals surface area contributed by atoms with Gasteiger partial charge in [0.05, 0.1) is 6.33 Å². The molecule has 3 aromatic rings. The minimum Gasteiger partial charge on any atom is -0.382 e. The molecule has 0 radical (unpaired) electrons. The Balaban J connectivity index is 1.50. The number of nitrogens with two attached hydrogens (primary N) is 1. The quantitative estimate of drug-likeness (QED) is 0.506. The third-order valence-corrected chi connectivity index (χ3v) is 5.77. The van der Waals surface area contributed by atoms with Gasteiger partial charge in [-0.15, -0.1) is 0 Å². The maximum absolute atomic E-state index is 12.3. The summed E-state index contributed by atoms with van der Waals surface area (Å²) in [6, 6.07) is 7.05. The van der Waals surface area contributed by atoms with Crippen molar-refractivity contribution in [2.75, 3.05) is 12.3 Å². The molecular weight excluding hydrogens is 440 g/mol. The molecule has 1 aromatic carbocycles. The van der Waals surface area contributed by atoms with E-state index < -0.39 is 42.8 Å². The van der Waals surface area contributed by atoms with Crippen molar-refractivity contribution in [3.8, 4) is 0 Å². The van der Waals surface area contributed by atoms with Crippen molar-refractivity contribution in [3.05, 3.63) is 47.5 Å². The van der Waals surface area contributed by atoms with Crippen LogP contribution in [-0.4, -0.2) is 61.5 Å². The number of aromatic nitrogens is 4. The average molecular weight is 461 g/mol. The zero-order chi connectivity index (χ0) is 22.4. The number of halogens is 1. The fourth-order valence-corrected chi connectivity index (χ4v) is 4.15. The number of rotatable bonds is 5. The van der Waals surface area contributed by atoms with Crippen LogP contribution in [0, 0.1) is 0 Å². The molecule has 6 atom stereocenters. The number of hydrogen-bond donors (Lipinski definition) is 3. The third kappa shape index (κ3) is 3.48. The molecule has 2 aliphatic heterocycles. The Hall–Kier alpha value is -2.83. The number of likely N-dealkylation sites (N-methyl/N-ethyl adjacent to an activating group) is 1. The molecule has 2 aliphatic rings. The van der Waals surface area contributed by atoms with Crippen LogP contribution in [-0.2, 0) is 19.0 Å². The molecule has 168 valence electrons. The lowest BCUT2D eigenvalue weighted by atomic mass is 10.0. The number of nitrogens with one attached hydrogen (secondary N) is 1. The van der Waals surface area contributed by atoms with Gasteiger partial charge in [0.2, 0.25) is 0 Å². The van der Waals surface area contributed by atoms with E-state index in [-0.39, 0.29) is 5.82 Å². The number of nitrogens with zero attached hydrogens (tertiary/aromatic N) is 4. The van der Waals surface area contributed by atoms with Crippen LogP contribution < -0.4 is 11.1 Å². The third-order valence-electron chi connectivity index (χ3n) is 5.52. The molecule has 2 fully saturated rings. The Morgan fingerprint density at radius 3 is 2.72 bits per heavy atom. The van der Waals surface area contributed by atoms with Crippen LogP contribution in [0.2, 0.25) is 5.02 Å². The first-order chi connectivity index (χ1) is 15.5. The number of fused-ring (bicyclic) bond motifs is 2. The molecule has 2 unspecified atom stereocenters. The summed E-state index contributed by atoms with van der Waals surface area (Å²) in [5.41, 5.74) is 7.50. The summed E-state index contributed by atoms with van der Waals surface area (Å²) < 4.78 is 20.0. The van der Waals surface area contributed by atoms with Crippen LogP contribution >= 0.6 is 11.6 Å². The Morgan fingerprint density at radius 2 is 1.97 bits per heavy atom. The Morgan fingerprint density at radius 1 is 1.22 bits per heavy atom. The van der Waals surface area contributed by atoms with E-state index in [9.17, 15) is 9.90 Å². The van der Waals surface area contributed by atoms with Crippen LogP contribution in [0.3, 0.4) is 0 Å². The first-order valence-electron chi connectivity index (χ1n) is 10.1. The Kier molecular flexibility index (Phi) is 5.43. The number of amides is 1. The molecule has 1 amide bonds. The lowest BCUT2D eigenvalue weighted by molar-refractivity contribution is -0.172. The minimum absolute atomic E-state index is 0.227. The number of carbonyl (C=O) groups excluding carboxylic acids is 1. The molecule has 11 nitrogen and oxygen atoms in total. The van der Waals surface area contributed by atoms with Gasteiger partial charge in [-0.1, -0.05) is 23.7 Å². The van der Waals surface area contributed by atoms with Crippen molar-refractivity contribution in [2.45, 2.75) is 43.9 Å². The summed E-state index contributed by atoms with van der Waals surface area (Å²) in [6.45, 7) is 2.13. The van der Waals surface area contributed by atoms with E-state index in [0.717, 1.165) is 5.56 Å². The largest absolute Gasteiger partial charge is 0.382 e. The van der Waals surface area contributed by atoms with Crippen LogP contribution in [0.15, 0.2) is 36.9 Å². The van der Waals surface area contributed by atoms with Crippen molar-refractivity contribution in [2.24, 2.45) is 0 Å². The van der Waals surface area contributed by atoms with Crippen molar-refractivity contribution in [1.82, 2.24) is 24.8 Å². The number of hydrogen-bond acceptors (Lipinski definition) is 9. The van der Waals surface area contributed by atoms with Crippen LogP contribution in [0.25, 0.3) is 11.2 Å². The van der Waals surface area contributed by atoms with Crippen molar-refractivity contribution < 1.29 is 24.1 Å². The maximum atomic E-state index is 12.3. The van der Waals surface area contributed by atoms with Gasteiger partial charge in [-0.25, -0.2) is 15.0 Å². The van der Waals surface area contributed by atoms with Gasteiger partial charge in [0.25, 0.3) is 5.91 Å². The second kappa shape index (κ2) is 8.26. The molecule has 0 saturated carbocycles. The summed E-state index contributed by atoms with van der Waals surface area (Å²) in [6.07, 6.45) is -2.49. The summed E-state index contributed by atoms with van der Waals surface area (Å²) in [5.74, 6) is -0.331. The maximum Gasteiger partial charge on any atom is 0.251 e. The first-order valence-corrected chi connectivity index (χ1v) is 10.5. The van der Waals surface area contributed by atoms with E-state index in [1.807, 2.05) is 0 Å². The first kappa shape index (κ1) is 21.0. The molecule has 0 aliphatic carbocycles. The smallest absolute Gasteiger partial charge is 0.251 e. The predicted octanol–water partition coefficient (Wildman–Crippen LogP) is 0.939. The minimum atomic E-state index is -1.46. The van der Waals surface area contributed by atoms with E-state index in [4.69, 9.17) is 31.5 Å². The SMILES string of the molecule is CCNC(=O)C(O)[C@H]1O[C@@H](n2cnc3c(N)ncnc32)[C@@H]2OC(c3ccc(Cl)cc3)O[C@@H]21. The van der Waals surface area contributed by atoms with E-state index in [1.54, 1.807) is 35.8 Å². The highest BCUT2D eigenvalue weighted by Crippen LogP contribution is 2.45. The number of imidazole rings is 1. The van der Waals surface area contributed by atoms with Gasteiger partial charge in [-0.05, 0) is 19.1 Å². The summed E-state index contributed by atoms with van der Waals surface area (Å²) in [7, 11) is 0. The molecule has 2 aromatic heterocycles. The molecule has 5 rings (SSSR count). The van der Waals surface area contributed by atoms with Crippen molar-refractivity contribution >= 4 is 34.5 Å². The van der Waals surface area contributed by atoms with E-state index in [0.29, 0.717) is 22.7 Å². The zero-order valence-corrected chi connectivity index (χ0v) is 17.7. The van der Waals surface area contributed by atoms with Gasteiger partial charge >= 0.3 is 0 Å². The second-order valence-electron chi connectivity index (χ2n) is 7.50. The second-order valence-corrected chi connectivity index (χ2v) is 7.93. The average Bonchev–Trinajstić information content (AvgIpc) is 3.48. The molecule has 0 spiro atoms. The van der Waals surface area contributed by atoms with Gasteiger partial charge in [-0.2, -0.15) is 0 Å². The van der Waals surface area contributed by atoms with Crippen molar-refractivity contribution in [1.29, 1.82) is 0 Å². The van der Waals surface area contributed by atoms with E-state index >= 15 is 0 Å². The lowest BCUT2D eigenvalue weighted by Crippen LogP contribution is -2.47. The normalized spacial score (nSPS) is 28.0. The number of carbonyl (C=O) groups is 1. The van der Waals surface area contributed by atoms with Gasteiger partial charge in [0.15, 0.2) is 30.1 Å². The van der Waals surface area contributed by atoms with Crippen LogP contribution in [0.5, 0.6) is 0 Å². The molecule has 0 bridgehead atoms. The zero-order valence-electron chi connectivity index (χ0n) is 17.0.